The van der Waals surface area contributed by atoms with Gasteiger partial charge in [-0.3, -0.25) is 0 Å². The Balaban J connectivity index is 1.85. The Morgan fingerprint density at radius 1 is 1.06 bits per heavy atom. The summed E-state index contributed by atoms with van der Waals surface area (Å²) in [6.45, 7) is 4.25. The Morgan fingerprint density at radius 3 is 2.31 bits per heavy atom. The Bertz CT molecular complexity index is 237. The molecule has 1 aliphatic carbocycles. The first-order valence-electron chi connectivity index (χ1n) is 6.52. The van der Waals surface area contributed by atoms with Gasteiger partial charge in [-0.2, -0.15) is 0 Å². The van der Waals surface area contributed by atoms with Crippen LogP contribution in [0.5, 0.6) is 0 Å². The van der Waals surface area contributed by atoms with Gasteiger partial charge in [-0.25, -0.2) is 4.99 Å². The second-order valence-corrected chi connectivity index (χ2v) is 5.07. The zero-order chi connectivity index (χ0) is 11.4. The average molecular weight is 224 g/mol. The van der Waals surface area contributed by atoms with Crippen molar-refractivity contribution in [3.8, 4) is 0 Å². The average Bonchev–Trinajstić information content (AvgIpc) is 2.31. The van der Waals surface area contributed by atoms with Crippen LogP contribution in [0.1, 0.15) is 32.1 Å². The van der Waals surface area contributed by atoms with Crippen molar-refractivity contribution in [1.82, 2.24) is 9.80 Å². The van der Waals surface area contributed by atoms with Gasteiger partial charge >= 0.3 is 0 Å². The Labute approximate surface area is 98.5 Å². The Hall–Kier alpha value is -0.770. The molecule has 0 aromatic rings. The number of likely N-dealkylation sites (N-methyl/N-ethyl adjacent to an activating group) is 1. The molecule has 16 heavy (non-hydrogen) atoms. The van der Waals surface area contributed by atoms with Gasteiger partial charge in [0.1, 0.15) is 0 Å². The fourth-order valence-corrected chi connectivity index (χ4v) is 2.51. The molecule has 0 aromatic heterocycles. The van der Waals surface area contributed by atoms with Gasteiger partial charge in [0, 0.05) is 26.2 Å². The summed E-state index contributed by atoms with van der Waals surface area (Å²) in [4.78, 5) is 9.25. The maximum absolute atomic E-state index is 6.08. The van der Waals surface area contributed by atoms with Gasteiger partial charge in [-0.05, 0) is 19.9 Å². The second kappa shape index (κ2) is 5.53. The van der Waals surface area contributed by atoms with Gasteiger partial charge in [0.2, 0.25) is 0 Å². The normalized spacial score (nSPS) is 26.1. The van der Waals surface area contributed by atoms with E-state index in [1.54, 1.807) is 0 Å². The van der Waals surface area contributed by atoms with Gasteiger partial charge < -0.3 is 15.5 Å². The van der Waals surface area contributed by atoms with E-state index in [4.69, 9.17) is 5.73 Å². The molecule has 0 radical (unpaired) electrons. The molecule has 1 aliphatic heterocycles. The fourth-order valence-electron chi connectivity index (χ4n) is 2.51. The summed E-state index contributed by atoms with van der Waals surface area (Å²) in [6, 6.07) is 0.494. The van der Waals surface area contributed by atoms with Crippen molar-refractivity contribution in [1.29, 1.82) is 0 Å². The van der Waals surface area contributed by atoms with Crippen molar-refractivity contribution >= 4 is 5.96 Å². The SMILES string of the molecule is CN1CCN(C(N)=NC2CCCCC2)CC1. The number of aliphatic imine (C=N–C) groups is 1. The van der Waals surface area contributed by atoms with Crippen LogP contribution in [0.2, 0.25) is 0 Å². The van der Waals surface area contributed by atoms with Crippen LogP contribution in [0.15, 0.2) is 4.99 Å². The van der Waals surface area contributed by atoms with E-state index in [9.17, 15) is 0 Å². The minimum atomic E-state index is 0.494. The molecule has 0 unspecified atom stereocenters. The molecule has 0 atom stereocenters. The van der Waals surface area contributed by atoms with Crippen molar-refractivity contribution < 1.29 is 0 Å². The molecule has 2 rings (SSSR count). The molecule has 92 valence electrons. The van der Waals surface area contributed by atoms with Crippen LogP contribution in [-0.2, 0) is 0 Å². The second-order valence-electron chi connectivity index (χ2n) is 5.07. The van der Waals surface area contributed by atoms with Crippen molar-refractivity contribution in [3.05, 3.63) is 0 Å². The van der Waals surface area contributed by atoms with Crippen LogP contribution in [-0.4, -0.2) is 55.0 Å². The van der Waals surface area contributed by atoms with E-state index in [0.717, 1.165) is 32.1 Å². The number of guanidine groups is 1. The first-order valence-corrected chi connectivity index (χ1v) is 6.52. The van der Waals surface area contributed by atoms with Gasteiger partial charge in [0.25, 0.3) is 0 Å². The largest absolute Gasteiger partial charge is 0.370 e. The summed E-state index contributed by atoms with van der Waals surface area (Å²) in [5.74, 6) is 0.778. The first-order chi connectivity index (χ1) is 7.75. The molecule has 2 N–H and O–H groups in total. The first kappa shape index (κ1) is 11.7. The van der Waals surface area contributed by atoms with Gasteiger partial charge in [0.05, 0.1) is 6.04 Å². The maximum Gasteiger partial charge on any atom is 0.191 e. The number of hydrogen-bond donors (Lipinski definition) is 1. The van der Waals surface area contributed by atoms with E-state index < -0.39 is 0 Å². The smallest absolute Gasteiger partial charge is 0.191 e. The van der Waals surface area contributed by atoms with Crippen LogP contribution in [0.25, 0.3) is 0 Å². The molecule has 2 aliphatic rings. The van der Waals surface area contributed by atoms with E-state index in [1.165, 1.54) is 32.1 Å². The van der Waals surface area contributed by atoms with Crippen LogP contribution in [0, 0.1) is 0 Å². The molecule has 0 aromatic carbocycles. The monoisotopic (exact) mass is 224 g/mol. The van der Waals surface area contributed by atoms with Crippen LogP contribution >= 0.6 is 0 Å². The fraction of sp³-hybridized carbons (Fsp3) is 0.917. The van der Waals surface area contributed by atoms with Crippen LogP contribution in [0.3, 0.4) is 0 Å². The molecule has 4 heteroatoms. The molecule has 0 bridgehead atoms. The number of nitrogens with zero attached hydrogens (tertiary/aromatic N) is 3. The van der Waals surface area contributed by atoms with Crippen molar-refractivity contribution in [3.63, 3.8) is 0 Å². The van der Waals surface area contributed by atoms with Crippen molar-refractivity contribution in [2.24, 2.45) is 10.7 Å². The topological polar surface area (TPSA) is 44.9 Å². The highest BCUT2D eigenvalue weighted by molar-refractivity contribution is 5.78. The van der Waals surface area contributed by atoms with Crippen molar-refractivity contribution in [2.45, 2.75) is 38.1 Å². The summed E-state index contributed by atoms with van der Waals surface area (Å²) in [5.41, 5.74) is 6.08. The lowest BCUT2D eigenvalue weighted by Crippen LogP contribution is -2.50. The highest BCUT2D eigenvalue weighted by Gasteiger charge is 2.18. The highest BCUT2D eigenvalue weighted by atomic mass is 15.3. The molecular weight excluding hydrogens is 200 g/mol. The predicted octanol–water partition coefficient (Wildman–Crippen LogP) is 0.881. The summed E-state index contributed by atoms with van der Waals surface area (Å²) in [6.07, 6.45) is 6.48. The highest BCUT2D eigenvalue weighted by Crippen LogP contribution is 2.20. The van der Waals surface area contributed by atoms with E-state index in [-0.39, 0.29) is 0 Å². The van der Waals surface area contributed by atoms with Gasteiger partial charge in [-0.15, -0.1) is 0 Å². The van der Waals surface area contributed by atoms with E-state index >= 15 is 0 Å². The molecule has 0 spiro atoms. The number of nitrogens with two attached hydrogens (primary N) is 1. The molecule has 1 saturated heterocycles. The summed E-state index contributed by atoms with van der Waals surface area (Å²) in [7, 11) is 2.16. The van der Waals surface area contributed by atoms with E-state index in [2.05, 4.69) is 21.8 Å². The molecular formula is C12H24N4. The Kier molecular flexibility index (Phi) is 4.04. The van der Waals surface area contributed by atoms with E-state index in [0.29, 0.717) is 6.04 Å². The lowest BCUT2D eigenvalue weighted by molar-refractivity contribution is 0.213. The summed E-state index contributed by atoms with van der Waals surface area (Å²) >= 11 is 0. The Morgan fingerprint density at radius 2 is 1.69 bits per heavy atom. The molecule has 4 nitrogen and oxygen atoms in total. The minimum Gasteiger partial charge on any atom is -0.370 e. The predicted molar refractivity (Wildman–Crippen MR) is 67.6 cm³/mol. The van der Waals surface area contributed by atoms with Gasteiger partial charge in [0.15, 0.2) is 5.96 Å². The third kappa shape index (κ3) is 3.11. The standard InChI is InChI=1S/C12H24N4/c1-15-7-9-16(10-8-15)12(13)14-11-5-3-2-4-6-11/h11H,2-10H2,1H3,(H2,13,14). The zero-order valence-corrected chi connectivity index (χ0v) is 10.4. The molecule has 1 saturated carbocycles. The zero-order valence-electron chi connectivity index (χ0n) is 10.4. The summed E-state index contributed by atoms with van der Waals surface area (Å²) < 4.78 is 0. The quantitative estimate of drug-likeness (QED) is 0.531. The minimum absolute atomic E-state index is 0.494. The number of rotatable bonds is 1. The maximum atomic E-state index is 6.08. The number of hydrogen-bond acceptors (Lipinski definition) is 2. The van der Waals surface area contributed by atoms with Crippen molar-refractivity contribution in [2.75, 3.05) is 33.2 Å². The molecule has 1 heterocycles. The molecule has 0 amide bonds. The van der Waals surface area contributed by atoms with Gasteiger partial charge in [-0.1, -0.05) is 19.3 Å². The lowest BCUT2D eigenvalue weighted by atomic mass is 9.96. The molecule has 2 fully saturated rings. The summed E-state index contributed by atoms with van der Waals surface area (Å²) in [5, 5.41) is 0. The third-order valence-corrected chi connectivity index (χ3v) is 3.72. The number of piperazine rings is 1. The third-order valence-electron chi connectivity index (χ3n) is 3.72. The van der Waals surface area contributed by atoms with Crippen LogP contribution in [0.4, 0.5) is 0 Å². The lowest BCUT2D eigenvalue weighted by Gasteiger charge is -2.33. The van der Waals surface area contributed by atoms with E-state index in [1.807, 2.05) is 0 Å². The van der Waals surface area contributed by atoms with Crippen LogP contribution < -0.4 is 5.73 Å².